The molecule has 9 heteroatoms. The number of aliphatic hydroxyl groups is 5. The number of nitrogens with one attached hydrogen (secondary N) is 1. The quantitative estimate of drug-likeness (QED) is 0.0261. The summed E-state index contributed by atoms with van der Waals surface area (Å²) >= 11 is 0. The molecule has 1 aliphatic rings. The topological polar surface area (TPSA) is 149 Å². The number of amides is 1. The summed E-state index contributed by atoms with van der Waals surface area (Å²) in [4.78, 5) is 13.1. The van der Waals surface area contributed by atoms with E-state index in [0.29, 0.717) is 6.42 Å². The van der Waals surface area contributed by atoms with E-state index in [4.69, 9.17) is 9.47 Å². The third-order valence-corrected chi connectivity index (χ3v) is 13.2. The first kappa shape index (κ1) is 69.3. The van der Waals surface area contributed by atoms with E-state index in [1.807, 2.05) is 6.08 Å². The summed E-state index contributed by atoms with van der Waals surface area (Å²) in [6, 6.07) is -0.851. The molecule has 6 N–H and O–H groups in total. The van der Waals surface area contributed by atoms with Gasteiger partial charge in [-0.25, -0.2) is 0 Å². The van der Waals surface area contributed by atoms with Crippen LogP contribution >= 0.6 is 0 Å². The lowest BCUT2D eigenvalue weighted by Gasteiger charge is -2.40. The van der Waals surface area contributed by atoms with Gasteiger partial charge in [0.1, 0.15) is 24.4 Å². The number of aliphatic hydroxyl groups excluding tert-OH is 5. The minimum absolute atomic E-state index is 0.223. The summed E-state index contributed by atoms with van der Waals surface area (Å²) in [5.74, 6) is -0.223. The fraction of sp³-hybridized carbons (Fsp3) is 0.652. The third-order valence-electron chi connectivity index (χ3n) is 13.2. The summed E-state index contributed by atoms with van der Waals surface area (Å²) in [5, 5.41) is 54.5. The highest BCUT2D eigenvalue weighted by Gasteiger charge is 2.44. The highest BCUT2D eigenvalue weighted by atomic mass is 16.7. The van der Waals surface area contributed by atoms with Crippen molar-refractivity contribution < 1.29 is 39.8 Å². The molecule has 9 nitrogen and oxygen atoms in total. The molecule has 0 aromatic heterocycles. The van der Waals surface area contributed by atoms with Crippen LogP contribution in [0.4, 0.5) is 0 Å². The number of hydrogen-bond acceptors (Lipinski definition) is 8. The Bertz CT molecular complexity index is 1640. The Kier molecular flexibility index (Phi) is 49.7. The van der Waals surface area contributed by atoms with Crippen LogP contribution in [0.1, 0.15) is 219 Å². The van der Waals surface area contributed by atoms with E-state index >= 15 is 0 Å². The molecular weight excluding hydrogens is 935 g/mol. The second-order valence-corrected chi connectivity index (χ2v) is 20.0. The normalized spacial score (nSPS) is 19.9. The van der Waals surface area contributed by atoms with Crippen molar-refractivity contribution in [2.24, 2.45) is 0 Å². The van der Waals surface area contributed by atoms with E-state index < -0.39 is 49.5 Å². The Morgan fingerprint density at radius 3 is 1.28 bits per heavy atom. The molecule has 0 bridgehead atoms. The van der Waals surface area contributed by atoms with Crippen LogP contribution in [0.5, 0.6) is 0 Å². The Balaban J connectivity index is 2.30. The molecule has 75 heavy (non-hydrogen) atoms. The standard InChI is InChI=1S/C66H109NO8/c1-3-5-7-9-11-13-15-17-19-21-23-25-26-27-28-29-30-31-32-33-34-36-38-40-42-44-46-48-50-52-54-56-62(70)67-59(58-74-66-65(73)64(72)63(71)61(57-68)75-66)60(69)55-53-51-49-47-45-43-41-39-37-35-24-22-20-18-16-14-12-10-8-6-4-2/h5,7,11,13,17,19,23,25,27-28,30-31,33-34,38,40,44-47,53,55,59-61,63-66,68-69,71-73H,3-4,6,8-10,12,14-16,18,20-22,24,26,29,32,35-37,39,41-43,48-52,54,56-58H2,1-2H3,(H,67,70)/b7-5-,13-11-,19-17-,25-23-,28-27-,31-30-,34-33-,40-38-,46-44-,47-45+,55-53+. The van der Waals surface area contributed by atoms with Gasteiger partial charge in [-0.05, 0) is 103 Å². The average Bonchev–Trinajstić information content (AvgIpc) is 3.41. The highest BCUT2D eigenvalue weighted by Crippen LogP contribution is 2.23. The van der Waals surface area contributed by atoms with Crippen LogP contribution in [0.3, 0.4) is 0 Å². The van der Waals surface area contributed by atoms with Crippen molar-refractivity contribution in [1.82, 2.24) is 5.32 Å². The first-order valence-corrected chi connectivity index (χ1v) is 29.9. The van der Waals surface area contributed by atoms with Crippen LogP contribution in [0.25, 0.3) is 0 Å². The van der Waals surface area contributed by atoms with E-state index in [9.17, 15) is 30.3 Å². The number of hydrogen-bond donors (Lipinski definition) is 6. The molecule has 0 saturated carbocycles. The molecule has 7 unspecified atom stereocenters. The van der Waals surface area contributed by atoms with Crippen molar-refractivity contribution in [3.05, 3.63) is 134 Å². The Hall–Kier alpha value is -3.67. The number of allylic oxidation sites excluding steroid dienone is 21. The van der Waals surface area contributed by atoms with Gasteiger partial charge in [-0.2, -0.15) is 0 Å². The minimum Gasteiger partial charge on any atom is -0.394 e. The molecule has 0 radical (unpaired) electrons. The monoisotopic (exact) mass is 1040 g/mol. The van der Waals surface area contributed by atoms with E-state index in [-0.39, 0.29) is 18.9 Å². The summed E-state index contributed by atoms with van der Waals surface area (Å²) in [7, 11) is 0. The third kappa shape index (κ3) is 43.1. The molecule has 1 fully saturated rings. The van der Waals surface area contributed by atoms with Gasteiger partial charge in [-0.1, -0.05) is 244 Å². The first-order valence-electron chi connectivity index (χ1n) is 29.9. The van der Waals surface area contributed by atoms with Gasteiger partial charge in [0, 0.05) is 6.42 Å². The summed E-state index contributed by atoms with van der Waals surface area (Å²) < 4.78 is 11.2. The van der Waals surface area contributed by atoms with E-state index in [2.05, 4.69) is 141 Å². The second-order valence-electron chi connectivity index (χ2n) is 20.0. The Morgan fingerprint density at radius 2 is 0.840 bits per heavy atom. The maximum Gasteiger partial charge on any atom is 0.220 e. The molecule has 0 aliphatic carbocycles. The molecule has 0 aromatic carbocycles. The van der Waals surface area contributed by atoms with Crippen LogP contribution in [0.2, 0.25) is 0 Å². The SMILES string of the molecule is CC/C=C\C/C=C\C/C=C\C/C=C\C/C=C\C/C=C\C/C=C\C/C=C\C/C=C\CCCCCC(=O)NC(COC1OC(CO)C(O)C(O)C1O)C(O)/C=C/CC/C=C/CCCCCCCCCCCCCCCCC. The predicted octanol–water partition coefficient (Wildman–Crippen LogP) is 15.3. The second kappa shape index (κ2) is 53.7. The number of unbranched alkanes of at least 4 members (excludes halogenated alkanes) is 19. The largest absolute Gasteiger partial charge is 0.394 e. The van der Waals surface area contributed by atoms with Crippen molar-refractivity contribution in [3.63, 3.8) is 0 Å². The smallest absolute Gasteiger partial charge is 0.220 e. The van der Waals surface area contributed by atoms with Crippen LogP contribution in [-0.2, 0) is 14.3 Å². The molecule has 1 saturated heterocycles. The first-order chi connectivity index (χ1) is 36.8. The van der Waals surface area contributed by atoms with Crippen molar-refractivity contribution >= 4 is 5.91 Å². The lowest BCUT2D eigenvalue weighted by molar-refractivity contribution is -0.302. The molecule has 1 heterocycles. The van der Waals surface area contributed by atoms with Gasteiger partial charge in [0.15, 0.2) is 6.29 Å². The van der Waals surface area contributed by atoms with Crippen molar-refractivity contribution in [1.29, 1.82) is 0 Å². The van der Waals surface area contributed by atoms with E-state index in [0.717, 1.165) is 96.3 Å². The molecule has 1 aliphatic heterocycles. The van der Waals surface area contributed by atoms with Crippen molar-refractivity contribution in [2.75, 3.05) is 13.2 Å². The van der Waals surface area contributed by atoms with Gasteiger partial charge in [-0.15, -0.1) is 0 Å². The molecular formula is C66H109NO8. The van der Waals surface area contributed by atoms with Crippen LogP contribution in [-0.4, -0.2) is 87.5 Å². The molecule has 0 spiro atoms. The van der Waals surface area contributed by atoms with E-state index in [1.54, 1.807) is 6.08 Å². The average molecular weight is 1040 g/mol. The van der Waals surface area contributed by atoms with Gasteiger partial charge < -0.3 is 40.3 Å². The zero-order valence-electron chi connectivity index (χ0n) is 47.2. The molecule has 1 rings (SSSR count). The van der Waals surface area contributed by atoms with E-state index in [1.165, 1.54) is 96.3 Å². The zero-order valence-corrected chi connectivity index (χ0v) is 47.2. The fourth-order valence-corrected chi connectivity index (χ4v) is 8.52. The Morgan fingerprint density at radius 1 is 0.467 bits per heavy atom. The van der Waals surface area contributed by atoms with Gasteiger partial charge in [0.25, 0.3) is 0 Å². The summed E-state index contributed by atoms with van der Waals surface area (Å²) in [6.07, 6.45) is 75.1. The summed E-state index contributed by atoms with van der Waals surface area (Å²) in [5.41, 5.74) is 0. The van der Waals surface area contributed by atoms with Crippen molar-refractivity contribution in [3.8, 4) is 0 Å². The summed E-state index contributed by atoms with van der Waals surface area (Å²) in [6.45, 7) is 3.63. The van der Waals surface area contributed by atoms with Crippen LogP contribution in [0, 0.1) is 0 Å². The van der Waals surface area contributed by atoms with Gasteiger partial charge in [0.05, 0.1) is 25.4 Å². The van der Waals surface area contributed by atoms with Gasteiger partial charge >= 0.3 is 0 Å². The fourth-order valence-electron chi connectivity index (χ4n) is 8.52. The maximum absolute atomic E-state index is 13.1. The number of rotatable bonds is 49. The highest BCUT2D eigenvalue weighted by molar-refractivity contribution is 5.76. The Labute approximate surface area is 458 Å². The molecule has 1 amide bonds. The van der Waals surface area contributed by atoms with Gasteiger partial charge in [-0.3, -0.25) is 4.79 Å². The lowest BCUT2D eigenvalue weighted by Crippen LogP contribution is -2.60. The number of ether oxygens (including phenoxy) is 2. The molecule has 7 atom stereocenters. The lowest BCUT2D eigenvalue weighted by atomic mass is 9.99. The number of carbonyl (C=O) groups is 1. The van der Waals surface area contributed by atoms with Crippen molar-refractivity contribution in [2.45, 2.75) is 262 Å². The van der Waals surface area contributed by atoms with Crippen LogP contribution in [0.15, 0.2) is 134 Å². The molecule has 0 aromatic rings. The minimum atomic E-state index is -1.59. The van der Waals surface area contributed by atoms with Crippen LogP contribution < -0.4 is 5.32 Å². The molecule has 426 valence electrons. The predicted molar refractivity (Wildman–Crippen MR) is 317 cm³/mol. The van der Waals surface area contributed by atoms with Gasteiger partial charge in [0.2, 0.25) is 5.91 Å². The zero-order chi connectivity index (χ0) is 54.3. The maximum atomic E-state index is 13.1. The number of carbonyl (C=O) groups excluding carboxylic acids is 1.